The van der Waals surface area contributed by atoms with E-state index in [0.717, 1.165) is 54.0 Å². The molecule has 1 aromatic heterocycles. The number of rotatable bonds is 3. The van der Waals surface area contributed by atoms with Crippen LogP contribution in [0.4, 0.5) is 4.39 Å². The van der Waals surface area contributed by atoms with Crippen molar-refractivity contribution in [2.45, 2.75) is 38.8 Å². The molecule has 1 atom stereocenters. The summed E-state index contributed by atoms with van der Waals surface area (Å²) < 4.78 is 21.7. The first kappa shape index (κ1) is 14.2. The molecule has 0 spiro atoms. The van der Waals surface area contributed by atoms with Crippen LogP contribution in [0.25, 0.3) is 11.0 Å². The van der Waals surface area contributed by atoms with Gasteiger partial charge in [-0.3, -0.25) is 0 Å². The van der Waals surface area contributed by atoms with E-state index in [1.54, 1.807) is 12.1 Å². The molecule has 1 aliphatic rings. The minimum Gasteiger partial charge on any atom is -0.482 e. The predicted molar refractivity (Wildman–Crippen MR) is 88.1 cm³/mol. The fraction of sp³-hybridized carbons (Fsp3) is 0.316. The molecule has 0 N–H and O–H groups in total. The highest BCUT2D eigenvalue weighted by atomic mass is 19.1. The molecule has 4 heteroatoms. The van der Waals surface area contributed by atoms with Gasteiger partial charge in [0.25, 0.3) is 0 Å². The smallest absolute Gasteiger partial charge is 0.157 e. The number of ether oxygens (including phenoxy) is 1. The predicted octanol–water partition coefficient (Wildman–Crippen LogP) is 4.65. The summed E-state index contributed by atoms with van der Waals surface area (Å²) in [5, 5.41) is 0. The molecule has 0 bridgehead atoms. The minimum absolute atomic E-state index is 0.0769. The number of fused-ring (bicyclic) bond motifs is 2. The molecule has 0 amide bonds. The summed E-state index contributed by atoms with van der Waals surface area (Å²) in [6.45, 7) is 3.09. The van der Waals surface area contributed by atoms with Gasteiger partial charge in [-0.2, -0.15) is 0 Å². The maximum Gasteiger partial charge on any atom is 0.157 e. The molecule has 4 rings (SSSR count). The van der Waals surface area contributed by atoms with Gasteiger partial charge in [0.05, 0.1) is 11.0 Å². The minimum atomic E-state index is -0.205. The van der Waals surface area contributed by atoms with Crippen molar-refractivity contribution in [2.75, 3.05) is 0 Å². The topological polar surface area (TPSA) is 27.1 Å². The van der Waals surface area contributed by atoms with Crippen LogP contribution >= 0.6 is 0 Å². The van der Waals surface area contributed by atoms with Crippen molar-refractivity contribution in [1.82, 2.24) is 9.55 Å². The van der Waals surface area contributed by atoms with Crippen molar-refractivity contribution in [2.24, 2.45) is 0 Å². The molecule has 0 radical (unpaired) electrons. The summed E-state index contributed by atoms with van der Waals surface area (Å²) in [6, 6.07) is 12.9. The fourth-order valence-electron chi connectivity index (χ4n) is 3.34. The van der Waals surface area contributed by atoms with Crippen molar-refractivity contribution in [3.05, 3.63) is 59.7 Å². The molecule has 0 aliphatic carbocycles. The van der Waals surface area contributed by atoms with Gasteiger partial charge in [-0.25, -0.2) is 9.37 Å². The molecule has 0 fully saturated rings. The third-order valence-electron chi connectivity index (χ3n) is 4.39. The summed E-state index contributed by atoms with van der Waals surface area (Å²) in [4.78, 5) is 4.81. The van der Waals surface area contributed by atoms with Crippen LogP contribution in [0.2, 0.25) is 0 Å². The lowest BCUT2D eigenvalue weighted by molar-refractivity contribution is 0.163. The average Bonchev–Trinajstić information content (AvgIpc) is 2.94. The Labute approximate surface area is 134 Å². The molecular formula is C19H19FN2O. The van der Waals surface area contributed by atoms with Gasteiger partial charge in [-0.05, 0) is 55.2 Å². The maximum atomic E-state index is 13.3. The number of aryl methyl sites for hydroxylation is 2. The molecule has 0 saturated carbocycles. The highest BCUT2D eigenvalue weighted by Crippen LogP contribution is 2.36. The maximum absolute atomic E-state index is 13.3. The van der Waals surface area contributed by atoms with Gasteiger partial charge in [-0.15, -0.1) is 0 Å². The number of benzene rings is 2. The Morgan fingerprint density at radius 2 is 2.13 bits per heavy atom. The second-order valence-corrected chi connectivity index (χ2v) is 6.01. The molecule has 2 heterocycles. The molecule has 3 aromatic rings. The second kappa shape index (κ2) is 5.69. The first-order valence-corrected chi connectivity index (χ1v) is 8.16. The standard InChI is InChI=1S/C19H19FN2O/c1-2-11-22-16-6-4-3-5-15(16)21-19(22)18-9-7-13-12-14(20)8-10-17(13)23-18/h3-6,8,10,12,18H,2,7,9,11H2,1H3. The largest absolute Gasteiger partial charge is 0.482 e. The zero-order valence-corrected chi connectivity index (χ0v) is 13.1. The van der Waals surface area contributed by atoms with Gasteiger partial charge in [0.1, 0.15) is 11.6 Å². The molecule has 3 nitrogen and oxygen atoms in total. The number of hydrogen-bond donors (Lipinski definition) is 0. The van der Waals surface area contributed by atoms with Crippen LogP contribution < -0.4 is 4.74 Å². The van der Waals surface area contributed by atoms with E-state index in [0.29, 0.717) is 0 Å². The van der Waals surface area contributed by atoms with E-state index in [-0.39, 0.29) is 11.9 Å². The highest BCUT2D eigenvalue weighted by molar-refractivity contribution is 5.76. The Morgan fingerprint density at radius 1 is 1.26 bits per heavy atom. The summed E-state index contributed by atoms with van der Waals surface area (Å²) in [6.07, 6.45) is 2.60. The average molecular weight is 310 g/mol. The molecule has 0 saturated heterocycles. The normalized spacial score (nSPS) is 17.0. The monoisotopic (exact) mass is 310 g/mol. The van der Waals surface area contributed by atoms with Gasteiger partial charge < -0.3 is 9.30 Å². The van der Waals surface area contributed by atoms with E-state index in [4.69, 9.17) is 9.72 Å². The van der Waals surface area contributed by atoms with E-state index in [2.05, 4.69) is 17.6 Å². The van der Waals surface area contributed by atoms with Gasteiger partial charge in [0.2, 0.25) is 0 Å². The molecular weight excluding hydrogens is 291 g/mol. The number of halogens is 1. The number of nitrogens with zero attached hydrogens (tertiary/aromatic N) is 2. The van der Waals surface area contributed by atoms with Gasteiger partial charge >= 0.3 is 0 Å². The quantitative estimate of drug-likeness (QED) is 0.704. The summed E-state index contributed by atoms with van der Waals surface area (Å²) in [5.74, 6) is 1.55. The Morgan fingerprint density at radius 3 is 3.00 bits per heavy atom. The SMILES string of the molecule is CCCn1c(C2CCc3cc(F)ccc3O2)nc2ccccc21. The van der Waals surface area contributed by atoms with E-state index >= 15 is 0 Å². The van der Waals surface area contributed by atoms with Crippen LogP contribution in [0.3, 0.4) is 0 Å². The van der Waals surface area contributed by atoms with Crippen molar-refractivity contribution in [3.63, 3.8) is 0 Å². The van der Waals surface area contributed by atoms with Crippen molar-refractivity contribution >= 4 is 11.0 Å². The van der Waals surface area contributed by atoms with Gasteiger partial charge in [0, 0.05) is 6.54 Å². The van der Waals surface area contributed by atoms with Crippen LogP contribution in [0.5, 0.6) is 5.75 Å². The van der Waals surface area contributed by atoms with E-state index in [1.165, 1.54) is 6.07 Å². The van der Waals surface area contributed by atoms with Crippen molar-refractivity contribution in [3.8, 4) is 5.75 Å². The molecule has 1 unspecified atom stereocenters. The lowest BCUT2D eigenvalue weighted by atomic mass is 10.0. The Hall–Kier alpha value is -2.36. The lowest BCUT2D eigenvalue weighted by Gasteiger charge is -2.26. The van der Waals surface area contributed by atoms with Crippen LogP contribution in [0, 0.1) is 5.82 Å². The summed E-state index contributed by atoms with van der Waals surface area (Å²) >= 11 is 0. The molecule has 2 aromatic carbocycles. The van der Waals surface area contributed by atoms with Crippen molar-refractivity contribution in [1.29, 1.82) is 0 Å². The van der Waals surface area contributed by atoms with E-state index in [1.807, 2.05) is 18.2 Å². The molecule has 118 valence electrons. The second-order valence-electron chi connectivity index (χ2n) is 6.01. The molecule has 23 heavy (non-hydrogen) atoms. The number of hydrogen-bond acceptors (Lipinski definition) is 2. The van der Waals surface area contributed by atoms with Gasteiger partial charge in [-0.1, -0.05) is 19.1 Å². The zero-order chi connectivity index (χ0) is 15.8. The first-order chi connectivity index (χ1) is 11.3. The van der Waals surface area contributed by atoms with E-state index < -0.39 is 0 Å². The van der Waals surface area contributed by atoms with Crippen LogP contribution in [-0.2, 0) is 13.0 Å². The first-order valence-electron chi connectivity index (χ1n) is 8.16. The van der Waals surface area contributed by atoms with Crippen LogP contribution in [0.1, 0.15) is 37.3 Å². The van der Waals surface area contributed by atoms with Crippen LogP contribution in [-0.4, -0.2) is 9.55 Å². The highest BCUT2D eigenvalue weighted by Gasteiger charge is 2.26. The lowest BCUT2D eigenvalue weighted by Crippen LogP contribution is -2.19. The number of para-hydroxylation sites is 2. The summed E-state index contributed by atoms with van der Waals surface area (Å²) in [7, 11) is 0. The third kappa shape index (κ3) is 2.48. The Balaban J connectivity index is 1.75. The third-order valence-corrected chi connectivity index (χ3v) is 4.39. The fourth-order valence-corrected chi connectivity index (χ4v) is 3.34. The number of imidazole rings is 1. The zero-order valence-electron chi connectivity index (χ0n) is 13.1. The van der Waals surface area contributed by atoms with Crippen LogP contribution in [0.15, 0.2) is 42.5 Å². The number of aromatic nitrogens is 2. The molecule has 1 aliphatic heterocycles. The Kier molecular flexibility index (Phi) is 3.52. The van der Waals surface area contributed by atoms with Crippen molar-refractivity contribution < 1.29 is 9.13 Å². The van der Waals surface area contributed by atoms with E-state index in [9.17, 15) is 4.39 Å². The van der Waals surface area contributed by atoms with Gasteiger partial charge in [0.15, 0.2) is 11.9 Å². The summed E-state index contributed by atoms with van der Waals surface area (Å²) in [5.41, 5.74) is 3.10. The Bertz CT molecular complexity index is 856.